The molecule has 0 bridgehead atoms. The van der Waals surface area contributed by atoms with Gasteiger partial charge in [-0.25, -0.2) is 0 Å². The molecule has 0 spiro atoms. The predicted octanol–water partition coefficient (Wildman–Crippen LogP) is -0.692. The highest BCUT2D eigenvalue weighted by molar-refractivity contribution is 4.44. The molecule has 0 aromatic carbocycles. The number of hydrogen-bond donors (Lipinski definition) is 1. The molecule has 0 atom stereocenters. The Bertz CT molecular complexity index is 48.5. The maximum absolute atomic E-state index is 10.0. The quantitative estimate of drug-likeness (QED) is 0.393. The normalized spacial score (nSPS) is 11.2. The molecule has 0 saturated carbocycles. The van der Waals surface area contributed by atoms with E-state index in [0.29, 0.717) is 10.2 Å². The topological polar surface area (TPSA) is 64.6 Å². The van der Waals surface area contributed by atoms with E-state index in [2.05, 4.69) is 5.43 Å². The average Bonchev–Trinajstić information content (AvgIpc) is 1.61. The van der Waals surface area contributed by atoms with Crippen LogP contribution in [-0.4, -0.2) is 31.0 Å². The Kier molecular flexibility index (Phi) is 3.67. The van der Waals surface area contributed by atoms with Gasteiger partial charge in [-0.1, -0.05) is 0 Å². The van der Waals surface area contributed by atoms with Crippen LogP contribution in [0.3, 0.4) is 0 Å². The van der Waals surface area contributed by atoms with E-state index < -0.39 is 0 Å². The average molecular weight is 119 g/mol. The van der Waals surface area contributed by atoms with Gasteiger partial charge in [0.05, 0.1) is 0 Å². The summed E-state index contributed by atoms with van der Waals surface area (Å²) in [6.45, 7) is 0.0278. The third kappa shape index (κ3) is 5.80. The lowest BCUT2D eigenvalue weighted by atomic mass is 11.0. The number of nitrogens with one attached hydrogen (secondary N) is 1. The summed E-state index contributed by atoms with van der Waals surface area (Å²) in [5.41, 5.74) is 2.24. The Labute approximate surface area is 48.0 Å². The van der Waals surface area contributed by atoms with Crippen molar-refractivity contribution in [2.24, 2.45) is 0 Å². The lowest BCUT2D eigenvalue weighted by Gasteiger charge is -2.29. The van der Waals surface area contributed by atoms with Crippen molar-refractivity contribution in [3.05, 3.63) is 10.4 Å². The molecule has 0 aliphatic heterocycles. The lowest BCUT2D eigenvalue weighted by Crippen LogP contribution is -2.35. The van der Waals surface area contributed by atoms with Crippen LogP contribution in [0, 0.1) is 10.4 Å². The van der Waals surface area contributed by atoms with Gasteiger partial charge in [0.1, 0.15) is 0 Å². The molecule has 0 rings (SSSR count). The highest BCUT2D eigenvalue weighted by Gasteiger charge is 1.77. The van der Waals surface area contributed by atoms with Crippen LogP contribution in [0.15, 0.2) is 0 Å². The molecule has 50 valence electrons. The second-order valence-corrected chi connectivity index (χ2v) is 1.44. The lowest BCUT2D eigenvalue weighted by molar-refractivity contribution is 0.259. The molecule has 0 aromatic heterocycles. The zero-order valence-corrected chi connectivity index (χ0v) is 4.92. The van der Waals surface area contributed by atoms with E-state index in [9.17, 15) is 10.4 Å². The Morgan fingerprint density at radius 3 is 2.00 bits per heavy atom. The molecule has 0 aliphatic carbocycles. The second kappa shape index (κ2) is 3.76. The summed E-state index contributed by atoms with van der Waals surface area (Å²) in [5, 5.41) is 21.1. The van der Waals surface area contributed by atoms with Crippen molar-refractivity contribution in [1.29, 1.82) is 0 Å². The van der Waals surface area contributed by atoms with Crippen LogP contribution in [0.5, 0.6) is 0 Å². The molecular weight excluding hydrogens is 110 g/mol. The molecule has 1 N–H and O–H groups in total. The fraction of sp³-hybridized carbons (Fsp3) is 1.00. The van der Waals surface area contributed by atoms with E-state index >= 15 is 0 Å². The highest BCUT2D eigenvalue weighted by Crippen LogP contribution is 1.70. The van der Waals surface area contributed by atoms with Gasteiger partial charge in [-0.15, -0.1) is 0 Å². The predicted molar refractivity (Wildman–Crippen MR) is 30.3 cm³/mol. The van der Waals surface area contributed by atoms with Crippen molar-refractivity contribution in [2.75, 3.05) is 20.8 Å². The standard InChI is InChI=1S/C3H9N3O2/c1-5(7)3-4-6(2)8/h4H,3H2,1-2H3/q-2. The summed E-state index contributed by atoms with van der Waals surface area (Å²) in [6, 6.07) is 0. The molecule has 8 heavy (non-hydrogen) atoms. The first kappa shape index (κ1) is 7.80. The van der Waals surface area contributed by atoms with E-state index in [1.165, 1.54) is 14.1 Å². The number of hydroxylamine groups is 3. The van der Waals surface area contributed by atoms with Crippen molar-refractivity contribution >= 4 is 0 Å². The third-order valence-corrected chi connectivity index (χ3v) is 0.516. The molecule has 0 amide bonds. The molecule has 0 aliphatic rings. The van der Waals surface area contributed by atoms with Gasteiger partial charge in [0.15, 0.2) is 0 Å². The molecule has 5 heteroatoms. The largest absolute Gasteiger partial charge is 0.784 e. The van der Waals surface area contributed by atoms with E-state index in [-0.39, 0.29) is 6.67 Å². The first-order valence-electron chi connectivity index (χ1n) is 2.15. The van der Waals surface area contributed by atoms with Crippen LogP contribution in [-0.2, 0) is 0 Å². The zero-order valence-electron chi connectivity index (χ0n) is 4.92. The van der Waals surface area contributed by atoms with Crippen LogP contribution in [0.1, 0.15) is 0 Å². The van der Waals surface area contributed by atoms with Crippen molar-refractivity contribution in [3.63, 3.8) is 0 Å². The van der Waals surface area contributed by atoms with E-state index in [1.807, 2.05) is 0 Å². The van der Waals surface area contributed by atoms with Gasteiger partial charge in [-0.2, -0.15) is 0 Å². The summed E-state index contributed by atoms with van der Waals surface area (Å²) in [6.07, 6.45) is 0. The monoisotopic (exact) mass is 119 g/mol. The summed E-state index contributed by atoms with van der Waals surface area (Å²) in [4.78, 5) is 0. The maximum Gasteiger partial charge on any atom is 0.0491 e. The van der Waals surface area contributed by atoms with Gasteiger partial charge in [-0.05, 0) is 14.1 Å². The SMILES string of the molecule is CN([O-])CNN(C)[O-]. The van der Waals surface area contributed by atoms with Crippen molar-refractivity contribution in [3.8, 4) is 0 Å². The minimum Gasteiger partial charge on any atom is -0.784 e. The van der Waals surface area contributed by atoms with Crippen LogP contribution in [0.4, 0.5) is 0 Å². The van der Waals surface area contributed by atoms with Gasteiger partial charge < -0.3 is 20.6 Å². The van der Waals surface area contributed by atoms with Crippen molar-refractivity contribution in [1.82, 2.24) is 15.7 Å². The number of hydrazine groups is 1. The Morgan fingerprint density at radius 1 is 1.38 bits per heavy atom. The van der Waals surface area contributed by atoms with Crippen LogP contribution < -0.4 is 5.43 Å². The second-order valence-electron chi connectivity index (χ2n) is 1.44. The first-order chi connectivity index (χ1) is 3.63. The molecule has 0 radical (unpaired) electrons. The van der Waals surface area contributed by atoms with Gasteiger partial charge >= 0.3 is 0 Å². The highest BCUT2D eigenvalue weighted by atomic mass is 16.5. The molecule has 5 nitrogen and oxygen atoms in total. The van der Waals surface area contributed by atoms with Crippen LogP contribution in [0.25, 0.3) is 0 Å². The van der Waals surface area contributed by atoms with Crippen molar-refractivity contribution < 1.29 is 0 Å². The van der Waals surface area contributed by atoms with E-state index in [1.54, 1.807) is 0 Å². The van der Waals surface area contributed by atoms with Crippen LogP contribution in [0.2, 0.25) is 0 Å². The molecule has 0 unspecified atom stereocenters. The fourth-order valence-corrected chi connectivity index (χ4v) is 0.199. The Hall–Kier alpha value is -0.200. The smallest absolute Gasteiger partial charge is 0.0491 e. The van der Waals surface area contributed by atoms with Crippen LogP contribution >= 0.6 is 0 Å². The van der Waals surface area contributed by atoms with E-state index in [4.69, 9.17) is 0 Å². The number of hydrogen-bond acceptors (Lipinski definition) is 5. The number of rotatable bonds is 3. The zero-order chi connectivity index (χ0) is 6.57. The van der Waals surface area contributed by atoms with Gasteiger partial charge in [-0.3, -0.25) is 5.43 Å². The minimum absolute atomic E-state index is 0.0278. The maximum atomic E-state index is 10.0. The summed E-state index contributed by atoms with van der Waals surface area (Å²) < 4.78 is 0. The first-order valence-corrected chi connectivity index (χ1v) is 2.15. The molecule has 0 fully saturated rings. The van der Waals surface area contributed by atoms with Gasteiger partial charge in [0.25, 0.3) is 0 Å². The Morgan fingerprint density at radius 2 is 1.88 bits per heavy atom. The van der Waals surface area contributed by atoms with Gasteiger partial charge in [0, 0.05) is 6.67 Å². The Balaban J connectivity index is 2.93. The summed E-state index contributed by atoms with van der Waals surface area (Å²) in [7, 11) is 2.61. The third-order valence-electron chi connectivity index (χ3n) is 0.516. The minimum atomic E-state index is 0.0278. The fourth-order valence-electron chi connectivity index (χ4n) is 0.199. The molecular formula is C3H9N3O2-2. The molecule has 0 heterocycles. The van der Waals surface area contributed by atoms with Crippen molar-refractivity contribution in [2.45, 2.75) is 0 Å². The molecule has 0 aromatic rings. The van der Waals surface area contributed by atoms with Gasteiger partial charge in [0.2, 0.25) is 0 Å². The number of nitrogens with zero attached hydrogens (tertiary/aromatic N) is 2. The molecule has 0 saturated heterocycles. The summed E-state index contributed by atoms with van der Waals surface area (Å²) >= 11 is 0. The summed E-state index contributed by atoms with van der Waals surface area (Å²) in [5.74, 6) is 0. The van der Waals surface area contributed by atoms with E-state index in [0.717, 1.165) is 0 Å².